The Morgan fingerprint density at radius 3 is 3.04 bits per heavy atom. The third-order valence-electron chi connectivity index (χ3n) is 4.70. The molecule has 2 heterocycles. The third kappa shape index (κ3) is 3.16. The van der Waals surface area contributed by atoms with Crippen LogP contribution in [0.2, 0.25) is 0 Å². The predicted octanol–water partition coefficient (Wildman–Crippen LogP) is 2.17. The molecule has 1 aliphatic rings. The summed E-state index contributed by atoms with van der Waals surface area (Å²) in [5.41, 5.74) is 4.31. The largest absolute Gasteiger partial charge is 0.346 e. The van der Waals surface area contributed by atoms with Gasteiger partial charge in [0, 0.05) is 49.6 Å². The van der Waals surface area contributed by atoms with Gasteiger partial charge >= 0.3 is 0 Å². The van der Waals surface area contributed by atoms with E-state index in [9.17, 15) is 4.79 Å². The molecule has 1 N–H and O–H groups in total. The van der Waals surface area contributed by atoms with Crippen molar-refractivity contribution in [3.05, 3.63) is 23.7 Å². The number of hydrogen-bond donors (Lipinski definition) is 1. The van der Waals surface area contributed by atoms with E-state index in [0.29, 0.717) is 0 Å². The number of aryl methyl sites for hydroxylation is 2. The number of nitrogens with zero attached hydrogens (tertiary/aromatic N) is 4. The number of carbonyl (C=O) groups is 1. The molecule has 0 aliphatic heterocycles. The first-order chi connectivity index (χ1) is 11.1. The van der Waals surface area contributed by atoms with Crippen LogP contribution in [0.1, 0.15) is 37.4 Å². The molecular formula is C17H25N5O. The monoisotopic (exact) mass is 315 g/mol. The second-order valence-electron chi connectivity index (χ2n) is 6.49. The molecule has 6 nitrogen and oxygen atoms in total. The lowest BCUT2D eigenvalue weighted by molar-refractivity contribution is -0.134. The fourth-order valence-corrected chi connectivity index (χ4v) is 3.31. The van der Waals surface area contributed by atoms with Gasteiger partial charge in [-0.05, 0) is 25.7 Å². The molecule has 1 amide bonds. The van der Waals surface area contributed by atoms with Crippen molar-refractivity contribution in [2.75, 3.05) is 13.6 Å². The van der Waals surface area contributed by atoms with Gasteiger partial charge in [0.1, 0.15) is 0 Å². The first kappa shape index (κ1) is 15.8. The van der Waals surface area contributed by atoms with Crippen molar-refractivity contribution in [3.8, 4) is 11.3 Å². The van der Waals surface area contributed by atoms with Crippen molar-refractivity contribution in [2.24, 2.45) is 13.0 Å². The quantitative estimate of drug-likeness (QED) is 0.919. The number of fused-ring (bicyclic) bond motifs is 1. The summed E-state index contributed by atoms with van der Waals surface area (Å²) in [5.74, 6) is 0.333. The molecule has 0 bridgehead atoms. The molecular weight excluding hydrogens is 290 g/mol. The van der Waals surface area contributed by atoms with E-state index in [0.717, 1.165) is 49.9 Å². The minimum atomic E-state index is 0.0670. The Labute approximate surface area is 136 Å². The Kier molecular flexibility index (Phi) is 4.50. The van der Waals surface area contributed by atoms with Crippen LogP contribution in [0.5, 0.6) is 0 Å². The van der Waals surface area contributed by atoms with Crippen LogP contribution < -0.4 is 0 Å². The second kappa shape index (κ2) is 6.56. The smallest absolute Gasteiger partial charge is 0.225 e. The maximum absolute atomic E-state index is 12.7. The average Bonchev–Trinajstić information content (AvgIpc) is 3.16. The lowest BCUT2D eigenvalue weighted by Gasteiger charge is -2.26. The number of amides is 1. The number of rotatable bonds is 5. The fraction of sp³-hybridized carbons (Fsp3) is 0.588. The number of carbonyl (C=O) groups excluding carboxylic acids is 1. The van der Waals surface area contributed by atoms with Gasteiger partial charge in [-0.1, -0.05) is 13.3 Å². The van der Waals surface area contributed by atoms with Crippen molar-refractivity contribution < 1.29 is 4.79 Å². The van der Waals surface area contributed by atoms with Gasteiger partial charge in [0.2, 0.25) is 5.91 Å². The number of H-pyrrole nitrogens is 1. The Balaban J connectivity index is 1.77. The molecule has 0 aromatic carbocycles. The molecule has 0 spiro atoms. The van der Waals surface area contributed by atoms with Gasteiger partial charge in [-0.2, -0.15) is 10.2 Å². The first-order valence-corrected chi connectivity index (χ1v) is 8.40. The highest BCUT2D eigenvalue weighted by Crippen LogP contribution is 2.32. The van der Waals surface area contributed by atoms with Crippen LogP contribution >= 0.6 is 0 Å². The Morgan fingerprint density at radius 1 is 1.52 bits per heavy atom. The highest BCUT2D eigenvalue weighted by molar-refractivity contribution is 5.80. The molecule has 1 atom stereocenters. The molecule has 124 valence electrons. The summed E-state index contributed by atoms with van der Waals surface area (Å²) < 4.78 is 1.78. The fourth-order valence-electron chi connectivity index (χ4n) is 3.31. The van der Waals surface area contributed by atoms with E-state index in [4.69, 9.17) is 0 Å². The van der Waals surface area contributed by atoms with Gasteiger partial charge in [0.05, 0.1) is 11.9 Å². The van der Waals surface area contributed by atoms with Crippen molar-refractivity contribution in [2.45, 2.75) is 39.0 Å². The third-order valence-corrected chi connectivity index (χ3v) is 4.70. The molecule has 3 rings (SSSR count). The zero-order chi connectivity index (χ0) is 16.4. The summed E-state index contributed by atoms with van der Waals surface area (Å²) in [6, 6.07) is 0. The van der Waals surface area contributed by atoms with Gasteiger partial charge in [-0.25, -0.2) is 0 Å². The zero-order valence-electron chi connectivity index (χ0n) is 14.2. The first-order valence-electron chi connectivity index (χ1n) is 8.40. The van der Waals surface area contributed by atoms with Crippen molar-refractivity contribution >= 4 is 5.91 Å². The van der Waals surface area contributed by atoms with Gasteiger partial charge in [0.15, 0.2) is 0 Å². The van der Waals surface area contributed by atoms with Crippen LogP contribution in [0.3, 0.4) is 0 Å². The standard InChI is InChI=1S/C17H25N5O/c1-4-5-8-21(2)17(23)12-6-7-15-14(9-12)16(20-19-15)13-10-18-22(3)11-13/h10-12H,4-9H2,1-3H3,(H,19,20)/t12-/m1/s1. The second-order valence-corrected chi connectivity index (χ2v) is 6.49. The summed E-state index contributed by atoms with van der Waals surface area (Å²) >= 11 is 0. The van der Waals surface area contributed by atoms with Crippen LogP contribution in [0, 0.1) is 5.92 Å². The number of nitrogens with one attached hydrogen (secondary N) is 1. The number of hydrogen-bond acceptors (Lipinski definition) is 3. The van der Waals surface area contributed by atoms with Crippen molar-refractivity contribution in [1.82, 2.24) is 24.9 Å². The van der Waals surface area contributed by atoms with Gasteiger partial charge in [0.25, 0.3) is 0 Å². The van der Waals surface area contributed by atoms with E-state index in [1.807, 2.05) is 31.4 Å². The Bertz CT molecular complexity index is 687. The lowest BCUT2D eigenvalue weighted by atomic mass is 9.85. The molecule has 0 unspecified atom stereocenters. The van der Waals surface area contributed by atoms with E-state index in [1.54, 1.807) is 4.68 Å². The maximum atomic E-state index is 12.7. The number of aromatic nitrogens is 4. The molecule has 0 fully saturated rings. The van der Waals surface area contributed by atoms with E-state index in [1.165, 1.54) is 11.3 Å². The van der Waals surface area contributed by atoms with Crippen molar-refractivity contribution in [1.29, 1.82) is 0 Å². The summed E-state index contributed by atoms with van der Waals surface area (Å²) in [6.45, 7) is 3.00. The summed E-state index contributed by atoms with van der Waals surface area (Å²) in [4.78, 5) is 14.6. The minimum absolute atomic E-state index is 0.0670. The van der Waals surface area contributed by atoms with E-state index >= 15 is 0 Å². The summed E-state index contributed by atoms with van der Waals surface area (Å²) in [5, 5.41) is 11.8. The van der Waals surface area contributed by atoms with Crippen LogP contribution in [0.15, 0.2) is 12.4 Å². The predicted molar refractivity (Wildman–Crippen MR) is 88.8 cm³/mol. The molecule has 23 heavy (non-hydrogen) atoms. The van der Waals surface area contributed by atoms with Crippen LogP contribution in [-0.4, -0.2) is 44.4 Å². The molecule has 0 saturated heterocycles. The summed E-state index contributed by atoms with van der Waals surface area (Å²) in [7, 11) is 3.82. The normalized spacial score (nSPS) is 17.1. The van der Waals surface area contributed by atoms with Crippen LogP contribution in [0.4, 0.5) is 0 Å². The lowest BCUT2D eigenvalue weighted by Crippen LogP contribution is -2.36. The van der Waals surface area contributed by atoms with E-state index in [-0.39, 0.29) is 11.8 Å². The van der Waals surface area contributed by atoms with E-state index in [2.05, 4.69) is 22.2 Å². The molecule has 1 aliphatic carbocycles. The van der Waals surface area contributed by atoms with Gasteiger partial charge in [-0.15, -0.1) is 0 Å². The molecule has 6 heteroatoms. The zero-order valence-corrected chi connectivity index (χ0v) is 14.2. The van der Waals surface area contributed by atoms with E-state index < -0.39 is 0 Å². The summed E-state index contributed by atoms with van der Waals surface area (Å²) in [6.07, 6.45) is 8.53. The number of unbranched alkanes of at least 4 members (excludes halogenated alkanes) is 1. The number of aromatic amines is 1. The molecule has 0 saturated carbocycles. The van der Waals surface area contributed by atoms with Crippen molar-refractivity contribution in [3.63, 3.8) is 0 Å². The molecule has 2 aromatic rings. The Morgan fingerprint density at radius 2 is 2.35 bits per heavy atom. The molecule has 2 aromatic heterocycles. The van der Waals surface area contributed by atoms with Crippen LogP contribution in [-0.2, 0) is 24.7 Å². The highest BCUT2D eigenvalue weighted by Gasteiger charge is 2.30. The average molecular weight is 315 g/mol. The van der Waals surface area contributed by atoms with Gasteiger partial charge in [-0.3, -0.25) is 14.6 Å². The molecule has 0 radical (unpaired) electrons. The topological polar surface area (TPSA) is 66.8 Å². The van der Waals surface area contributed by atoms with Crippen LogP contribution in [0.25, 0.3) is 11.3 Å². The minimum Gasteiger partial charge on any atom is -0.346 e. The Hall–Kier alpha value is -2.11. The SMILES string of the molecule is CCCCN(C)C(=O)[C@@H]1CCc2[nH]nc(-c3cnn(C)c3)c2C1. The highest BCUT2D eigenvalue weighted by atomic mass is 16.2. The van der Waals surface area contributed by atoms with Gasteiger partial charge < -0.3 is 4.90 Å². The maximum Gasteiger partial charge on any atom is 0.225 e.